The molecular formula is C13H20N2. The lowest BCUT2D eigenvalue weighted by molar-refractivity contribution is 0.563. The summed E-state index contributed by atoms with van der Waals surface area (Å²) in [7, 11) is 0. The van der Waals surface area contributed by atoms with Gasteiger partial charge in [0.05, 0.1) is 0 Å². The van der Waals surface area contributed by atoms with E-state index in [4.69, 9.17) is 0 Å². The van der Waals surface area contributed by atoms with E-state index in [1.54, 1.807) is 6.20 Å². The minimum atomic E-state index is 0.370. The van der Waals surface area contributed by atoms with Crippen molar-refractivity contribution in [3.05, 3.63) is 42.2 Å². The van der Waals surface area contributed by atoms with Gasteiger partial charge >= 0.3 is 0 Å². The van der Waals surface area contributed by atoms with Crippen molar-refractivity contribution in [3.63, 3.8) is 0 Å². The Hall–Kier alpha value is -1.15. The molecule has 0 aliphatic heterocycles. The molecule has 2 heteroatoms. The van der Waals surface area contributed by atoms with E-state index in [1.807, 2.05) is 12.3 Å². The topological polar surface area (TPSA) is 24.9 Å². The molecule has 1 rings (SSSR count). The predicted molar refractivity (Wildman–Crippen MR) is 64.8 cm³/mol. The van der Waals surface area contributed by atoms with Crippen molar-refractivity contribution in [1.82, 2.24) is 10.3 Å². The highest BCUT2D eigenvalue weighted by atomic mass is 14.9. The average molecular weight is 204 g/mol. The van der Waals surface area contributed by atoms with Crippen LogP contribution in [0.2, 0.25) is 0 Å². The predicted octanol–water partition coefficient (Wildman–Crippen LogP) is 2.57. The number of hydrogen-bond acceptors (Lipinski definition) is 2. The second-order valence-electron chi connectivity index (χ2n) is 3.92. The summed E-state index contributed by atoms with van der Waals surface area (Å²) < 4.78 is 0. The van der Waals surface area contributed by atoms with Gasteiger partial charge < -0.3 is 5.32 Å². The highest BCUT2D eigenvalue weighted by Gasteiger charge is 2.08. The molecule has 0 spiro atoms. The van der Waals surface area contributed by atoms with Crippen molar-refractivity contribution in [1.29, 1.82) is 0 Å². The van der Waals surface area contributed by atoms with Gasteiger partial charge in [-0.15, -0.1) is 0 Å². The number of nitrogens with zero attached hydrogens (tertiary/aromatic N) is 1. The zero-order valence-corrected chi connectivity index (χ0v) is 9.66. The van der Waals surface area contributed by atoms with E-state index in [2.05, 4.69) is 36.8 Å². The molecule has 0 amide bonds. The molecule has 1 aromatic rings. The molecule has 1 N–H and O–H groups in total. The van der Waals surface area contributed by atoms with E-state index in [9.17, 15) is 0 Å². The van der Waals surface area contributed by atoms with Crippen molar-refractivity contribution in [2.75, 3.05) is 6.54 Å². The van der Waals surface area contributed by atoms with E-state index < -0.39 is 0 Å². The van der Waals surface area contributed by atoms with Crippen molar-refractivity contribution >= 4 is 0 Å². The van der Waals surface area contributed by atoms with E-state index in [1.165, 1.54) is 11.1 Å². The van der Waals surface area contributed by atoms with Crippen LogP contribution in [0, 0.1) is 0 Å². The Labute approximate surface area is 92.4 Å². The first-order chi connectivity index (χ1) is 7.24. The number of pyridine rings is 1. The lowest BCUT2D eigenvalue weighted by Gasteiger charge is -2.18. The molecule has 15 heavy (non-hydrogen) atoms. The highest BCUT2D eigenvalue weighted by molar-refractivity contribution is 5.15. The zero-order valence-electron chi connectivity index (χ0n) is 9.66. The molecule has 1 unspecified atom stereocenters. The molecule has 1 aromatic heterocycles. The Morgan fingerprint density at radius 1 is 1.60 bits per heavy atom. The lowest BCUT2D eigenvalue weighted by atomic mass is 10.0. The van der Waals surface area contributed by atoms with Crippen LogP contribution in [0.15, 0.2) is 36.7 Å². The standard InChI is InChI=1S/C13H20N2/c1-4-7-15-13(11(2)3)9-12-6-5-8-14-10-12/h5-6,8,10,13,15H,2,4,7,9H2,1,3H3. The normalized spacial score (nSPS) is 12.4. The average Bonchev–Trinajstić information content (AvgIpc) is 2.25. The Morgan fingerprint density at radius 2 is 2.40 bits per heavy atom. The Kier molecular flexibility index (Phi) is 5.05. The van der Waals surface area contributed by atoms with Crippen LogP contribution in [-0.2, 0) is 6.42 Å². The van der Waals surface area contributed by atoms with Crippen LogP contribution in [-0.4, -0.2) is 17.6 Å². The summed E-state index contributed by atoms with van der Waals surface area (Å²) in [5.74, 6) is 0. The van der Waals surface area contributed by atoms with Gasteiger partial charge in [0.15, 0.2) is 0 Å². The lowest BCUT2D eigenvalue weighted by Crippen LogP contribution is -2.32. The minimum Gasteiger partial charge on any atom is -0.310 e. The summed E-state index contributed by atoms with van der Waals surface area (Å²) in [6.45, 7) is 9.31. The highest BCUT2D eigenvalue weighted by Crippen LogP contribution is 2.07. The summed E-state index contributed by atoms with van der Waals surface area (Å²) >= 11 is 0. The monoisotopic (exact) mass is 204 g/mol. The second-order valence-corrected chi connectivity index (χ2v) is 3.92. The summed E-state index contributed by atoms with van der Waals surface area (Å²) in [6, 6.07) is 4.45. The van der Waals surface area contributed by atoms with Crippen LogP contribution >= 0.6 is 0 Å². The molecule has 0 radical (unpaired) electrons. The summed E-state index contributed by atoms with van der Waals surface area (Å²) in [6.07, 6.45) is 5.85. The fourth-order valence-corrected chi connectivity index (χ4v) is 1.49. The quantitative estimate of drug-likeness (QED) is 0.720. The molecule has 1 atom stereocenters. The first kappa shape index (κ1) is 11.9. The van der Waals surface area contributed by atoms with Crippen LogP contribution < -0.4 is 5.32 Å². The third kappa shape index (κ3) is 4.26. The summed E-state index contributed by atoms with van der Waals surface area (Å²) in [4.78, 5) is 4.12. The van der Waals surface area contributed by atoms with Crippen LogP contribution in [0.1, 0.15) is 25.8 Å². The van der Waals surface area contributed by atoms with Gasteiger partial charge in [-0.1, -0.05) is 25.1 Å². The Morgan fingerprint density at radius 3 is 2.93 bits per heavy atom. The van der Waals surface area contributed by atoms with Crippen LogP contribution in [0.5, 0.6) is 0 Å². The van der Waals surface area contributed by atoms with Crippen molar-refractivity contribution in [2.45, 2.75) is 32.7 Å². The van der Waals surface area contributed by atoms with E-state index >= 15 is 0 Å². The third-order valence-electron chi connectivity index (χ3n) is 2.40. The summed E-state index contributed by atoms with van der Waals surface area (Å²) in [5, 5.41) is 3.49. The number of aromatic nitrogens is 1. The van der Waals surface area contributed by atoms with E-state index in [0.29, 0.717) is 6.04 Å². The molecule has 2 nitrogen and oxygen atoms in total. The first-order valence-electron chi connectivity index (χ1n) is 5.51. The minimum absolute atomic E-state index is 0.370. The van der Waals surface area contributed by atoms with Crippen LogP contribution in [0.4, 0.5) is 0 Å². The van der Waals surface area contributed by atoms with Crippen LogP contribution in [0.25, 0.3) is 0 Å². The van der Waals surface area contributed by atoms with Gasteiger partial charge in [0.1, 0.15) is 0 Å². The first-order valence-corrected chi connectivity index (χ1v) is 5.51. The van der Waals surface area contributed by atoms with Crippen LogP contribution in [0.3, 0.4) is 0 Å². The fraction of sp³-hybridized carbons (Fsp3) is 0.462. The molecule has 0 fully saturated rings. The second kappa shape index (κ2) is 6.36. The maximum atomic E-state index is 4.12. The van der Waals surface area contributed by atoms with Crippen molar-refractivity contribution in [3.8, 4) is 0 Å². The molecule has 0 aliphatic carbocycles. The Bertz CT molecular complexity index is 293. The van der Waals surface area contributed by atoms with E-state index in [0.717, 1.165) is 19.4 Å². The van der Waals surface area contributed by atoms with Gasteiger partial charge in [-0.3, -0.25) is 4.98 Å². The van der Waals surface area contributed by atoms with Gasteiger partial charge in [0.25, 0.3) is 0 Å². The summed E-state index contributed by atoms with van der Waals surface area (Å²) in [5.41, 5.74) is 2.45. The van der Waals surface area contributed by atoms with Gasteiger partial charge in [0.2, 0.25) is 0 Å². The van der Waals surface area contributed by atoms with Gasteiger partial charge in [-0.2, -0.15) is 0 Å². The van der Waals surface area contributed by atoms with Gasteiger partial charge in [-0.05, 0) is 37.9 Å². The zero-order chi connectivity index (χ0) is 11.1. The van der Waals surface area contributed by atoms with Gasteiger partial charge in [-0.25, -0.2) is 0 Å². The third-order valence-corrected chi connectivity index (χ3v) is 2.40. The fourth-order valence-electron chi connectivity index (χ4n) is 1.49. The molecule has 0 aromatic carbocycles. The van der Waals surface area contributed by atoms with Crippen molar-refractivity contribution < 1.29 is 0 Å². The molecule has 0 saturated heterocycles. The number of nitrogens with one attached hydrogen (secondary N) is 1. The van der Waals surface area contributed by atoms with Gasteiger partial charge in [0, 0.05) is 18.4 Å². The molecule has 0 saturated carbocycles. The van der Waals surface area contributed by atoms with Crippen molar-refractivity contribution in [2.24, 2.45) is 0 Å². The molecule has 0 bridgehead atoms. The van der Waals surface area contributed by atoms with E-state index in [-0.39, 0.29) is 0 Å². The maximum Gasteiger partial charge on any atom is 0.0315 e. The molecule has 82 valence electrons. The largest absolute Gasteiger partial charge is 0.310 e. The molecule has 0 aliphatic rings. The smallest absolute Gasteiger partial charge is 0.0315 e. The molecule has 1 heterocycles. The number of hydrogen-bond donors (Lipinski definition) is 1. The SMILES string of the molecule is C=C(C)C(Cc1cccnc1)NCCC. The number of rotatable bonds is 6. The molecular weight excluding hydrogens is 184 g/mol. The maximum absolute atomic E-state index is 4.12. The Balaban J connectivity index is 2.55.